The number of halogens is 2. The average Bonchev–Trinajstić information content (AvgIpc) is 3.29. The molecule has 3 saturated carbocycles. The summed E-state index contributed by atoms with van der Waals surface area (Å²) in [5.41, 5.74) is 1.18. The second kappa shape index (κ2) is 7.32. The Labute approximate surface area is 202 Å². The van der Waals surface area contributed by atoms with E-state index in [-0.39, 0.29) is 17.2 Å². The van der Waals surface area contributed by atoms with Crippen LogP contribution in [0.25, 0.3) is 0 Å². The van der Waals surface area contributed by atoms with Crippen LogP contribution < -0.4 is 0 Å². The van der Waals surface area contributed by atoms with Crippen LogP contribution in [0.3, 0.4) is 0 Å². The molecule has 0 N–H and O–H groups in total. The second-order valence-corrected chi connectivity index (χ2v) is 11.0. The summed E-state index contributed by atoms with van der Waals surface area (Å²) in [5.74, 6) is -0.695. The molecule has 4 heterocycles. The number of rotatable bonds is 3. The molecule has 1 aromatic heterocycles. The molecule has 35 heavy (non-hydrogen) atoms. The number of amides is 2. The van der Waals surface area contributed by atoms with E-state index in [0.29, 0.717) is 50.0 Å². The lowest BCUT2D eigenvalue weighted by Crippen LogP contribution is -2.55. The molecule has 3 aliphatic heterocycles. The quantitative estimate of drug-likeness (QED) is 0.665. The first-order valence-corrected chi connectivity index (χ1v) is 12.6. The van der Waals surface area contributed by atoms with E-state index >= 15 is 0 Å². The lowest BCUT2D eigenvalue weighted by atomic mass is 9.43. The van der Waals surface area contributed by atoms with Crippen LogP contribution in [0.2, 0.25) is 0 Å². The lowest BCUT2D eigenvalue weighted by Gasteiger charge is -2.61. The van der Waals surface area contributed by atoms with E-state index in [1.165, 1.54) is 31.4 Å². The van der Waals surface area contributed by atoms with Gasteiger partial charge in [0, 0.05) is 43.1 Å². The van der Waals surface area contributed by atoms with Gasteiger partial charge in [-0.15, -0.1) is 0 Å². The summed E-state index contributed by atoms with van der Waals surface area (Å²) in [7, 11) is 0. The minimum absolute atomic E-state index is 0.104. The van der Waals surface area contributed by atoms with Gasteiger partial charge >= 0.3 is 0 Å². The summed E-state index contributed by atoms with van der Waals surface area (Å²) in [6.45, 7) is 0.813. The number of piperidine rings is 1. The summed E-state index contributed by atoms with van der Waals surface area (Å²) in [4.78, 5) is 35.0. The van der Waals surface area contributed by atoms with Gasteiger partial charge in [-0.05, 0) is 67.9 Å². The van der Waals surface area contributed by atoms with Crippen LogP contribution in [0.15, 0.2) is 36.4 Å². The highest BCUT2D eigenvalue weighted by Gasteiger charge is 2.59. The molecule has 6 nitrogen and oxygen atoms in total. The smallest absolute Gasteiger partial charge is 0.272 e. The van der Waals surface area contributed by atoms with Crippen molar-refractivity contribution in [1.82, 2.24) is 14.8 Å². The Morgan fingerprint density at radius 1 is 1.03 bits per heavy atom. The van der Waals surface area contributed by atoms with Crippen LogP contribution in [-0.4, -0.2) is 51.5 Å². The zero-order chi connectivity index (χ0) is 23.9. The van der Waals surface area contributed by atoms with Crippen LogP contribution >= 0.6 is 0 Å². The van der Waals surface area contributed by atoms with Crippen molar-refractivity contribution in [3.8, 4) is 0 Å². The van der Waals surface area contributed by atoms with Gasteiger partial charge in [-0.3, -0.25) is 9.59 Å². The highest BCUT2D eigenvalue weighted by atomic mass is 19.1. The van der Waals surface area contributed by atoms with E-state index in [4.69, 9.17) is 9.72 Å². The molecule has 182 valence electrons. The third kappa shape index (κ3) is 3.11. The first kappa shape index (κ1) is 21.4. The molecular weight excluding hydrogens is 452 g/mol. The van der Waals surface area contributed by atoms with Gasteiger partial charge in [0.05, 0.1) is 6.04 Å². The van der Waals surface area contributed by atoms with Gasteiger partial charge in [0.15, 0.2) is 5.60 Å². The van der Waals surface area contributed by atoms with Gasteiger partial charge in [-0.1, -0.05) is 6.07 Å². The molecule has 8 heteroatoms. The maximum Gasteiger partial charge on any atom is 0.272 e. The van der Waals surface area contributed by atoms with Crippen LogP contribution in [0, 0.1) is 17.6 Å². The van der Waals surface area contributed by atoms with Crippen molar-refractivity contribution in [2.75, 3.05) is 13.1 Å². The molecule has 6 fully saturated rings. The van der Waals surface area contributed by atoms with Crippen LogP contribution in [-0.2, 0) is 14.9 Å². The fourth-order valence-electron chi connectivity index (χ4n) is 7.01. The topological polar surface area (TPSA) is 62.7 Å². The lowest BCUT2D eigenvalue weighted by molar-refractivity contribution is -0.142. The number of pyridine rings is 1. The molecule has 2 amide bonds. The monoisotopic (exact) mass is 479 g/mol. The Kier molecular flexibility index (Phi) is 4.48. The Balaban J connectivity index is 1.06. The van der Waals surface area contributed by atoms with Crippen molar-refractivity contribution < 1.29 is 23.1 Å². The molecule has 0 unspecified atom stereocenters. The number of hydrogen-bond acceptors (Lipinski definition) is 4. The van der Waals surface area contributed by atoms with E-state index < -0.39 is 29.5 Å². The van der Waals surface area contributed by atoms with Gasteiger partial charge in [0.2, 0.25) is 0 Å². The number of ether oxygens (including phenoxy) is 1. The maximum absolute atomic E-state index is 13.8. The Hall–Kier alpha value is -2.87. The first-order valence-electron chi connectivity index (χ1n) is 12.6. The van der Waals surface area contributed by atoms with Crippen LogP contribution in [0.1, 0.15) is 72.7 Å². The van der Waals surface area contributed by atoms with Gasteiger partial charge in [-0.2, -0.15) is 0 Å². The molecule has 3 saturated heterocycles. The zero-order valence-corrected chi connectivity index (χ0v) is 19.4. The highest BCUT2D eigenvalue weighted by Crippen LogP contribution is 2.64. The number of aromatic nitrogens is 1. The molecule has 1 aromatic carbocycles. The van der Waals surface area contributed by atoms with Gasteiger partial charge in [-0.25, -0.2) is 13.8 Å². The molecular formula is C27H27F2N3O3. The number of likely N-dealkylation sites (tertiary alicyclic amines) is 1. The molecule has 8 rings (SSSR count). The maximum atomic E-state index is 13.8. The van der Waals surface area contributed by atoms with Crippen molar-refractivity contribution in [1.29, 1.82) is 0 Å². The van der Waals surface area contributed by atoms with Gasteiger partial charge in [0.1, 0.15) is 23.6 Å². The van der Waals surface area contributed by atoms with E-state index in [1.54, 1.807) is 15.9 Å². The van der Waals surface area contributed by atoms with Crippen LogP contribution in [0.4, 0.5) is 8.78 Å². The third-order valence-corrected chi connectivity index (χ3v) is 9.00. The summed E-state index contributed by atoms with van der Waals surface area (Å²) in [6, 6.07) is 8.77. The second-order valence-electron chi connectivity index (χ2n) is 11.0. The summed E-state index contributed by atoms with van der Waals surface area (Å²) >= 11 is 0. The molecule has 3 aliphatic carbocycles. The van der Waals surface area contributed by atoms with Gasteiger partial charge in [0.25, 0.3) is 11.8 Å². The minimum Gasteiger partial charge on any atom is -0.342 e. The summed E-state index contributed by atoms with van der Waals surface area (Å²) in [5, 5.41) is 0. The van der Waals surface area contributed by atoms with Gasteiger partial charge < -0.3 is 14.5 Å². The Bertz CT molecular complexity index is 1200. The van der Waals surface area contributed by atoms with Crippen molar-refractivity contribution >= 4 is 11.8 Å². The Morgan fingerprint density at radius 2 is 1.74 bits per heavy atom. The van der Waals surface area contributed by atoms with Crippen molar-refractivity contribution in [3.05, 3.63) is 65.0 Å². The van der Waals surface area contributed by atoms with E-state index in [0.717, 1.165) is 17.7 Å². The third-order valence-electron chi connectivity index (χ3n) is 9.00. The largest absolute Gasteiger partial charge is 0.342 e. The highest BCUT2D eigenvalue weighted by molar-refractivity contribution is 5.93. The molecule has 1 spiro atoms. The normalized spacial score (nSPS) is 32.4. The van der Waals surface area contributed by atoms with E-state index in [1.807, 2.05) is 12.1 Å². The number of carbonyl (C=O) groups excluding carboxylic acids is 2. The summed E-state index contributed by atoms with van der Waals surface area (Å²) in [6.07, 6.45) is 5.19. The SMILES string of the molecule is O=C(c1cccc(C23CC(C2)C3)n1)N1CCC2(CC1)O[C@@H]1CC[C@@H](c3cc(F)cc(F)c3)N1C2=O. The molecule has 2 atom stereocenters. The molecule has 2 aromatic rings. The summed E-state index contributed by atoms with van der Waals surface area (Å²) < 4.78 is 34.0. The fourth-order valence-corrected chi connectivity index (χ4v) is 7.01. The molecule has 6 aliphatic rings. The molecule has 0 radical (unpaired) electrons. The standard InChI is InChI=1S/C27H27F2N3O3/c28-18-10-17(11-19(29)12-18)21-4-5-23-32(21)25(34)27(35-23)6-8-31(9-7-27)24(33)20-2-1-3-22(30-20)26-13-16(14-26)15-26/h1-3,10-12,16,21,23H,4-9,13-15H2/t16?,21-,23+,26?/m0/s1. The number of hydrogen-bond donors (Lipinski definition) is 0. The first-order chi connectivity index (χ1) is 16.9. The number of benzene rings is 1. The predicted molar refractivity (Wildman–Crippen MR) is 121 cm³/mol. The average molecular weight is 480 g/mol. The van der Waals surface area contributed by atoms with E-state index in [9.17, 15) is 18.4 Å². The zero-order valence-electron chi connectivity index (χ0n) is 19.4. The number of fused-ring (bicyclic) bond motifs is 1. The van der Waals surface area contributed by atoms with Crippen molar-refractivity contribution in [2.24, 2.45) is 5.92 Å². The van der Waals surface area contributed by atoms with E-state index in [2.05, 4.69) is 0 Å². The van der Waals surface area contributed by atoms with Crippen LogP contribution in [0.5, 0.6) is 0 Å². The minimum atomic E-state index is -0.979. The predicted octanol–water partition coefficient (Wildman–Crippen LogP) is 4.11. The number of nitrogens with zero attached hydrogens (tertiary/aromatic N) is 3. The van der Waals surface area contributed by atoms with Crippen molar-refractivity contribution in [3.63, 3.8) is 0 Å². The fraction of sp³-hybridized carbons (Fsp3) is 0.519. The van der Waals surface area contributed by atoms with Crippen molar-refractivity contribution in [2.45, 2.75) is 68.2 Å². The number of carbonyl (C=O) groups is 2. The Morgan fingerprint density at radius 3 is 2.40 bits per heavy atom. The molecule has 2 bridgehead atoms.